The monoisotopic (exact) mass is 518 g/mol. The van der Waals surface area contributed by atoms with Gasteiger partial charge in [-0.15, -0.1) is 35.3 Å². The van der Waals surface area contributed by atoms with Crippen LogP contribution >= 0.6 is 35.3 Å². The van der Waals surface area contributed by atoms with Crippen molar-refractivity contribution in [3.05, 3.63) is 39.8 Å². The second kappa shape index (κ2) is 13.6. The van der Waals surface area contributed by atoms with Crippen molar-refractivity contribution >= 4 is 41.3 Å². The molecule has 0 aliphatic heterocycles. The Hall–Kier alpha value is -1.55. The van der Waals surface area contributed by atoms with Crippen LogP contribution in [0.5, 0.6) is 11.5 Å². The van der Waals surface area contributed by atoms with Crippen molar-refractivity contribution in [2.45, 2.75) is 40.2 Å². The standard InChI is InChI=1S/C20H30N4O2S.HI/c1-5-19-24-16(14-27-19)13-23-20(21-4)22-11-10-15-8-9-17(25-6-2)18(12-15)26-7-3;/h8-9,12,14H,5-7,10-11,13H2,1-4H3,(H2,21,22,23);1H. The van der Waals surface area contributed by atoms with Crippen molar-refractivity contribution in [2.24, 2.45) is 4.99 Å². The molecule has 1 heterocycles. The molecule has 0 atom stereocenters. The molecule has 6 nitrogen and oxygen atoms in total. The van der Waals surface area contributed by atoms with E-state index in [9.17, 15) is 0 Å². The van der Waals surface area contributed by atoms with Crippen LogP contribution in [0.1, 0.15) is 37.0 Å². The van der Waals surface area contributed by atoms with Crippen LogP contribution in [0, 0.1) is 0 Å². The zero-order chi connectivity index (χ0) is 19.5. The first kappa shape index (κ1) is 24.5. The van der Waals surface area contributed by atoms with Crippen molar-refractivity contribution < 1.29 is 9.47 Å². The van der Waals surface area contributed by atoms with E-state index in [-0.39, 0.29) is 24.0 Å². The summed E-state index contributed by atoms with van der Waals surface area (Å²) in [5, 5.41) is 9.90. The van der Waals surface area contributed by atoms with Gasteiger partial charge < -0.3 is 20.1 Å². The Kier molecular flexibility index (Phi) is 11.9. The Bertz CT molecular complexity index is 737. The van der Waals surface area contributed by atoms with Crippen molar-refractivity contribution in [3.8, 4) is 11.5 Å². The summed E-state index contributed by atoms with van der Waals surface area (Å²) in [5.74, 6) is 2.37. The molecule has 0 saturated heterocycles. The van der Waals surface area contributed by atoms with Gasteiger partial charge in [-0.05, 0) is 44.4 Å². The van der Waals surface area contributed by atoms with Crippen LogP contribution in [0.3, 0.4) is 0 Å². The van der Waals surface area contributed by atoms with Crippen molar-refractivity contribution in [1.29, 1.82) is 0 Å². The van der Waals surface area contributed by atoms with Crippen LogP contribution < -0.4 is 20.1 Å². The summed E-state index contributed by atoms with van der Waals surface area (Å²) < 4.78 is 11.3. The van der Waals surface area contributed by atoms with Crippen LogP contribution in [0.25, 0.3) is 0 Å². The maximum atomic E-state index is 5.69. The first-order valence-electron chi connectivity index (χ1n) is 9.46. The van der Waals surface area contributed by atoms with Crippen LogP contribution in [-0.2, 0) is 19.4 Å². The first-order chi connectivity index (χ1) is 13.2. The van der Waals surface area contributed by atoms with Gasteiger partial charge in [0.2, 0.25) is 0 Å². The molecule has 2 aromatic rings. The topological polar surface area (TPSA) is 67.8 Å². The average molecular weight is 518 g/mol. The highest BCUT2D eigenvalue weighted by Gasteiger charge is 2.07. The molecule has 156 valence electrons. The molecule has 8 heteroatoms. The van der Waals surface area contributed by atoms with E-state index in [4.69, 9.17) is 9.47 Å². The van der Waals surface area contributed by atoms with E-state index < -0.39 is 0 Å². The number of aromatic nitrogens is 1. The van der Waals surface area contributed by atoms with Crippen LogP contribution in [-0.4, -0.2) is 37.7 Å². The predicted octanol–water partition coefficient (Wildman–Crippen LogP) is 4.03. The summed E-state index contributed by atoms with van der Waals surface area (Å²) >= 11 is 1.70. The molecule has 2 N–H and O–H groups in total. The summed E-state index contributed by atoms with van der Waals surface area (Å²) in [4.78, 5) is 8.83. The Morgan fingerprint density at radius 2 is 1.86 bits per heavy atom. The zero-order valence-corrected chi connectivity index (χ0v) is 20.2. The van der Waals surface area contributed by atoms with Crippen LogP contribution in [0.2, 0.25) is 0 Å². The second-order valence-electron chi connectivity index (χ2n) is 5.84. The summed E-state index contributed by atoms with van der Waals surface area (Å²) in [6.45, 7) is 8.77. The van der Waals surface area contributed by atoms with Gasteiger partial charge in [-0.1, -0.05) is 13.0 Å². The third kappa shape index (κ3) is 7.83. The highest BCUT2D eigenvalue weighted by atomic mass is 127. The van der Waals surface area contributed by atoms with Gasteiger partial charge in [0.25, 0.3) is 0 Å². The van der Waals surface area contributed by atoms with Crippen LogP contribution in [0.15, 0.2) is 28.6 Å². The summed E-state index contributed by atoms with van der Waals surface area (Å²) in [7, 11) is 1.78. The lowest BCUT2D eigenvalue weighted by Gasteiger charge is -2.14. The fraction of sp³-hybridized carbons (Fsp3) is 0.500. The number of thiazole rings is 1. The molecular weight excluding hydrogens is 487 g/mol. The fourth-order valence-electron chi connectivity index (χ4n) is 2.56. The lowest BCUT2D eigenvalue weighted by atomic mass is 10.1. The van der Waals surface area contributed by atoms with Gasteiger partial charge in [0.1, 0.15) is 0 Å². The second-order valence-corrected chi connectivity index (χ2v) is 6.78. The van der Waals surface area contributed by atoms with Crippen molar-refractivity contribution in [2.75, 3.05) is 26.8 Å². The number of nitrogens with zero attached hydrogens (tertiary/aromatic N) is 2. The summed E-state index contributed by atoms with van der Waals surface area (Å²) in [6.07, 6.45) is 1.84. The van der Waals surface area contributed by atoms with E-state index in [1.807, 2.05) is 26.0 Å². The van der Waals surface area contributed by atoms with Crippen molar-refractivity contribution in [3.63, 3.8) is 0 Å². The Morgan fingerprint density at radius 1 is 1.11 bits per heavy atom. The van der Waals surface area contributed by atoms with Gasteiger partial charge in [-0.3, -0.25) is 4.99 Å². The molecule has 0 bridgehead atoms. The number of nitrogens with one attached hydrogen (secondary N) is 2. The lowest BCUT2D eigenvalue weighted by molar-refractivity contribution is 0.287. The molecule has 1 aromatic heterocycles. The van der Waals surface area contributed by atoms with Crippen LogP contribution in [0.4, 0.5) is 0 Å². The van der Waals surface area contributed by atoms with Gasteiger partial charge >= 0.3 is 0 Å². The van der Waals surface area contributed by atoms with Gasteiger partial charge in [0, 0.05) is 19.0 Å². The number of aryl methyl sites for hydroxylation is 1. The summed E-state index contributed by atoms with van der Waals surface area (Å²) in [5.41, 5.74) is 2.24. The number of halogens is 1. The van der Waals surface area contributed by atoms with Gasteiger partial charge in [0.15, 0.2) is 17.5 Å². The van der Waals surface area contributed by atoms with E-state index in [2.05, 4.69) is 39.0 Å². The molecular formula is C20H31IN4O2S. The minimum Gasteiger partial charge on any atom is -0.490 e. The third-order valence-electron chi connectivity index (χ3n) is 3.88. The molecule has 0 aliphatic rings. The molecule has 0 aliphatic carbocycles. The molecule has 0 spiro atoms. The van der Waals surface area contributed by atoms with Gasteiger partial charge in [0.05, 0.1) is 30.5 Å². The van der Waals surface area contributed by atoms with Gasteiger partial charge in [-0.25, -0.2) is 4.98 Å². The smallest absolute Gasteiger partial charge is 0.191 e. The average Bonchev–Trinajstić information content (AvgIpc) is 3.15. The Balaban J connectivity index is 0.00000392. The largest absolute Gasteiger partial charge is 0.490 e. The molecule has 0 fully saturated rings. The lowest BCUT2D eigenvalue weighted by Crippen LogP contribution is -2.37. The molecule has 2 rings (SSSR count). The number of guanidine groups is 1. The zero-order valence-electron chi connectivity index (χ0n) is 17.1. The molecule has 0 radical (unpaired) electrons. The number of hydrogen-bond acceptors (Lipinski definition) is 5. The maximum absolute atomic E-state index is 5.69. The van der Waals surface area contributed by atoms with Crippen molar-refractivity contribution in [1.82, 2.24) is 15.6 Å². The van der Waals surface area contributed by atoms with Gasteiger partial charge in [-0.2, -0.15) is 0 Å². The fourth-order valence-corrected chi connectivity index (χ4v) is 3.31. The minimum atomic E-state index is 0. The molecule has 0 saturated carbocycles. The van der Waals surface area contributed by atoms with E-state index in [0.29, 0.717) is 19.8 Å². The predicted molar refractivity (Wildman–Crippen MR) is 128 cm³/mol. The maximum Gasteiger partial charge on any atom is 0.191 e. The highest BCUT2D eigenvalue weighted by Crippen LogP contribution is 2.28. The number of aliphatic imine (C=N–C) groups is 1. The number of rotatable bonds is 10. The molecule has 28 heavy (non-hydrogen) atoms. The van der Waals surface area contributed by atoms with E-state index >= 15 is 0 Å². The Morgan fingerprint density at radius 3 is 2.50 bits per heavy atom. The van der Waals surface area contributed by atoms with E-state index in [0.717, 1.165) is 47.5 Å². The first-order valence-corrected chi connectivity index (χ1v) is 10.3. The number of benzene rings is 1. The Labute approximate surface area is 189 Å². The molecule has 0 unspecified atom stereocenters. The van der Waals surface area contributed by atoms with E-state index in [1.165, 1.54) is 5.56 Å². The molecule has 0 amide bonds. The molecule has 1 aromatic carbocycles. The van der Waals surface area contributed by atoms with E-state index in [1.54, 1.807) is 18.4 Å². The SMILES string of the molecule is CCOc1ccc(CCNC(=NC)NCc2csc(CC)n2)cc1OCC.I. The highest BCUT2D eigenvalue weighted by molar-refractivity contribution is 14.0. The minimum absolute atomic E-state index is 0. The normalized spacial score (nSPS) is 10.9. The quantitative estimate of drug-likeness (QED) is 0.283. The third-order valence-corrected chi connectivity index (χ3v) is 4.92. The summed E-state index contributed by atoms with van der Waals surface area (Å²) in [6, 6.07) is 6.10. The number of hydrogen-bond donors (Lipinski definition) is 2. The number of ether oxygens (including phenoxy) is 2.